The van der Waals surface area contributed by atoms with Crippen LogP contribution in [-0.2, 0) is 10.6 Å². The van der Waals surface area contributed by atoms with Crippen LogP contribution in [-0.4, -0.2) is 5.85 Å². The van der Waals surface area contributed by atoms with Gasteiger partial charge in [-0.2, -0.15) is 8.78 Å². The van der Waals surface area contributed by atoms with Crippen molar-refractivity contribution in [3.63, 3.8) is 0 Å². The van der Waals surface area contributed by atoms with Gasteiger partial charge in [0.25, 0.3) is 0 Å². The molecule has 1 nitrogen and oxygen atoms in total. The molecule has 3 aromatic rings. The lowest BCUT2D eigenvalue weighted by atomic mass is 9.87. The summed E-state index contributed by atoms with van der Waals surface area (Å²) in [5.74, 6) is -13.0. The first-order valence-electron chi connectivity index (χ1n) is 6.61. The van der Waals surface area contributed by atoms with Gasteiger partial charge in [0.1, 0.15) is 5.82 Å². The van der Waals surface area contributed by atoms with Gasteiger partial charge in [0, 0.05) is 16.3 Å². The van der Waals surface area contributed by atoms with E-state index in [1.54, 1.807) is 0 Å². The Kier molecular flexibility index (Phi) is 1.98. The lowest BCUT2D eigenvalue weighted by molar-refractivity contribution is 0.139. The van der Waals surface area contributed by atoms with Crippen LogP contribution in [0.15, 0.2) is 24.3 Å². The molecular formula is C16H4F6O. The van der Waals surface area contributed by atoms with Gasteiger partial charge < -0.3 is 0 Å². The van der Waals surface area contributed by atoms with Crippen LogP contribution in [0.5, 0.6) is 0 Å². The van der Waals surface area contributed by atoms with Crippen molar-refractivity contribution in [3.05, 3.63) is 52.5 Å². The molecule has 0 amide bonds. The lowest BCUT2D eigenvalue weighted by Gasteiger charge is -2.18. The van der Waals surface area contributed by atoms with Crippen LogP contribution < -0.4 is 5.22 Å². The van der Waals surface area contributed by atoms with Crippen LogP contribution in [0.4, 0.5) is 26.3 Å². The highest BCUT2D eigenvalue weighted by Crippen LogP contribution is 2.65. The molecule has 0 aromatic heterocycles. The SMILES string of the molecule is FC1=c2c(F)c(F)c3c(F)ccc4ccc(c2c43)C2(F)OC12F. The van der Waals surface area contributed by atoms with Crippen LogP contribution in [0.1, 0.15) is 5.56 Å². The monoisotopic (exact) mass is 326 g/mol. The second kappa shape index (κ2) is 3.46. The van der Waals surface area contributed by atoms with E-state index in [0.717, 1.165) is 12.1 Å². The molecule has 0 N–H and O–H groups in total. The maximum atomic E-state index is 14.6. The summed E-state index contributed by atoms with van der Waals surface area (Å²) in [5.41, 5.74) is -0.488. The largest absolute Gasteiger partial charge is 0.329 e. The molecule has 0 bridgehead atoms. The second-order valence-corrected chi connectivity index (χ2v) is 5.62. The van der Waals surface area contributed by atoms with E-state index in [0.29, 0.717) is 0 Å². The van der Waals surface area contributed by atoms with Crippen LogP contribution in [0.25, 0.3) is 27.4 Å². The highest BCUT2D eigenvalue weighted by molar-refractivity contribution is 6.13. The van der Waals surface area contributed by atoms with Crippen molar-refractivity contribution in [2.75, 3.05) is 0 Å². The number of benzene rings is 3. The number of hydrogen-bond donors (Lipinski definition) is 0. The summed E-state index contributed by atoms with van der Waals surface area (Å²) in [6.07, 6.45) is 0. The molecule has 1 aliphatic carbocycles. The van der Waals surface area contributed by atoms with Gasteiger partial charge >= 0.3 is 11.7 Å². The molecule has 1 saturated heterocycles. The van der Waals surface area contributed by atoms with Crippen molar-refractivity contribution < 1.29 is 31.1 Å². The molecule has 2 atom stereocenters. The molecule has 5 rings (SSSR count). The number of epoxide rings is 1. The quantitative estimate of drug-likeness (QED) is 0.449. The molecule has 0 radical (unpaired) electrons. The topological polar surface area (TPSA) is 12.5 Å². The zero-order valence-corrected chi connectivity index (χ0v) is 11.0. The van der Waals surface area contributed by atoms with Crippen LogP contribution in [0.2, 0.25) is 0 Å². The van der Waals surface area contributed by atoms with E-state index in [9.17, 15) is 26.3 Å². The van der Waals surface area contributed by atoms with Gasteiger partial charge in [-0.3, -0.25) is 4.74 Å². The van der Waals surface area contributed by atoms with Gasteiger partial charge in [0.2, 0.25) is 0 Å². The van der Waals surface area contributed by atoms with E-state index in [1.807, 2.05) is 0 Å². The van der Waals surface area contributed by atoms with Crippen LogP contribution >= 0.6 is 0 Å². The highest BCUT2D eigenvalue weighted by Gasteiger charge is 2.80. The van der Waals surface area contributed by atoms with Gasteiger partial charge in [-0.15, -0.1) is 0 Å². The third-order valence-electron chi connectivity index (χ3n) is 4.52. The Morgan fingerprint density at radius 1 is 0.739 bits per heavy atom. The van der Waals surface area contributed by atoms with Crippen molar-refractivity contribution in [3.8, 4) is 0 Å². The summed E-state index contributed by atoms with van der Waals surface area (Å²) in [6, 6.07) is 4.57. The maximum Gasteiger partial charge on any atom is 0.329 e. The predicted octanol–water partition coefficient (Wildman–Crippen LogP) is 4.04. The molecule has 1 fully saturated rings. The third-order valence-corrected chi connectivity index (χ3v) is 4.52. The van der Waals surface area contributed by atoms with E-state index >= 15 is 0 Å². The van der Waals surface area contributed by atoms with Crippen molar-refractivity contribution in [1.29, 1.82) is 0 Å². The lowest BCUT2D eigenvalue weighted by Crippen LogP contribution is -2.30. The minimum Gasteiger partial charge on any atom is -0.289 e. The van der Waals surface area contributed by atoms with E-state index in [-0.39, 0.29) is 10.8 Å². The molecule has 1 heterocycles. The number of halogens is 6. The van der Waals surface area contributed by atoms with Gasteiger partial charge in [-0.25, -0.2) is 17.6 Å². The number of fused-ring (bicyclic) bond motifs is 2. The molecule has 2 aliphatic rings. The summed E-state index contributed by atoms with van der Waals surface area (Å²) in [6.45, 7) is 0. The van der Waals surface area contributed by atoms with Crippen LogP contribution in [0.3, 0.4) is 0 Å². The third kappa shape index (κ3) is 1.17. The summed E-state index contributed by atoms with van der Waals surface area (Å²) >= 11 is 0. The van der Waals surface area contributed by atoms with Gasteiger partial charge in [-0.05, 0) is 11.5 Å². The average Bonchev–Trinajstić information content (AvgIpc) is 3.10. The number of rotatable bonds is 0. The standard InChI is InChI=1S/C16H4F6O/c17-7-4-2-5-1-3-6-9-8(5)10(7)12(18)13(19)11(9)14(20)16(22)15(6,21)23-16/h1-4H. The minimum absolute atomic E-state index is 0.207. The molecule has 0 spiro atoms. The predicted molar refractivity (Wildman–Crippen MR) is 68.8 cm³/mol. The highest BCUT2D eigenvalue weighted by atomic mass is 19.2. The Morgan fingerprint density at radius 2 is 1.43 bits per heavy atom. The Bertz CT molecular complexity index is 1120. The van der Waals surface area contributed by atoms with Gasteiger partial charge in [0.15, 0.2) is 17.5 Å². The van der Waals surface area contributed by atoms with E-state index in [1.165, 1.54) is 12.1 Å². The molecule has 0 saturated carbocycles. The van der Waals surface area contributed by atoms with E-state index in [4.69, 9.17) is 0 Å². The van der Waals surface area contributed by atoms with Crippen molar-refractivity contribution in [2.45, 2.75) is 11.7 Å². The fraction of sp³-hybridized carbons (Fsp3) is 0.125. The smallest absolute Gasteiger partial charge is 0.289 e. The van der Waals surface area contributed by atoms with E-state index < -0.39 is 56.5 Å². The number of ether oxygens (including phenoxy) is 1. The Balaban J connectivity index is 2.23. The first-order valence-corrected chi connectivity index (χ1v) is 6.61. The van der Waals surface area contributed by atoms with Crippen molar-refractivity contribution >= 4 is 27.4 Å². The van der Waals surface area contributed by atoms with Crippen LogP contribution in [0, 0.1) is 17.5 Å². The molecule has 2 unspecified atom stereocenters. The molecule has 1 aliphatic heterocycles. The summed E-state index contributed by atoms with van der Waals surface area (Å²) < 4.78 is 89.8. The summed E-state index contributed by atoms with van der Waals surface area (Å²) in [5, 5.41) is -2.18. The Labute approximate surface area is 123 Å². The molecular weight excluding hydrogens is 322 g/mol. The number of hydrogen-bond acceptors (Lipinski definition) is 1. The normalized spacial score (nSPS) is 28.5. The maximum absolute atomic E-state index is 14.6. The summed E-state index contributed by atoms with van der Waals surface area (Å²) in [7, 11) is 0. The first-order chi connectivity index (χ1) is 10.8. The van der Waals surface area contributed by atoms with Gasteiger partial charge in [-0.1, -0.05) is 18.2 Å². The molecule has 116 valence electrons. The zero-order chi connectivity index (χ0) is 16.3. The van der Waals surface area contributed by atoms with Gasteiger partial charge in [0.05, 0.1) is 10.6 Å². The minimum atomic E-state index is -3.48. The first kappa shape index (κ1) is 13.2. The zero-order valence-electron chi connectivity index (χ0n) is 11.0. The average molecular weight is 326 g/mol. The molecule has 23 heavy (non-hydrogen) atoms. The fourth-order valence-corrected chi connectivity index (χ4v) is 3.41. The number of alkyl halides is 2. The Morgan fingerprint density at radius 3 is 2.17 bits per heavy atom. The fourth-order valence-electron chi connectivity index (χ4n) is 3.41. The Hall–Kier alpha value is -2.28. The summed E-state index contributed by atoms with van der Waals surface area (Å²) in [4.78, 5) is 0. The molecule has 7 heteroatoms. The van der Waals surface area contributed by atoms with Crippen molar-refractivity contribution in [2.24, 2.45) is 0 Å². The van der Waals surface area contributed by atoms with E-state index in [2.05, 4.69) is 4.74 Å². The second-order valence-electron chi connectivity index (χ2n) is 5.62. The molecule has 3 aromatic carbocycles. The van der Waals surface area contributed by atoms with Crippen molar-refractivity contribution in [1.82, 2.24) is 0 Å².